The van der Waals surface area contributed by atoms with Crippen LogP contribution in [0.4, 0.5) is 4.79 Å². The van der Waals surface area contributed by atoms with E-state index in [2.05, 4.69) is 35.9 Å². The number of benzene rings is 1. The molecule has 6 heteroatoms. The molecule has 0 saturated heterocycles. The third-order valence-corrected chi connectivity index (χ3v) is 5.51. The molecule has 0 spiro atoms. The number of hydrogen-bond acceptors (Lipinski definition) is 3. The van der Waals surface area contributed by atoms with Gasteiger partial charge in [-0.3, -0.25) is 4.79 Å². The molecule has 0 bridgehead atoms. The highest BCUT2D eigenvalue weighted by Gasteiger charge is 2.32. The van der Waals surface area contributed by atoms with Crippen LogP contribution in [0.5, 0.6) is 0 Å². The second-order valence-corrected chi connectivity index (χ2v) is 7.47. The SMILES string of the molecule is CCC[C@@H]1c2ccc(C)n2CCN1C(=O)N[C@H](CC(=O)OCC)c1ccccc1. The Morgan fingerprint density at radius 3 is 2.59 bits per heavy atom. The molecular weight excluding hydrogens is 366 g/mol. The number of aryl methyl sites for hydroxylation is 1. The number of aromatic nitrogens is 1. The molecule has 1 aliphatic rings. The van der Waals surface area contributed by atoms with E-state index in [0.29, 0.717) is 13.2 Å². The van der Waals surface area contributed by atoms with Crippen LogP contribution in [0.25, 0.3) is 0 Å². The number of nitrogens with zero attached hydrogens (tertiary/aromatic N) is 2. The molecule has 0 saturated carbocycles. The Hall–Kier alpha value is -2.76. The zero-order valence-electron chi connectivity index (χ0n) is 17.6. The summed E-state index contributed by atoms with van der Waals surface area (Å²) in [5.74, 6) is -0.310. The van der Waals surface area contributed by atoms with Crippen LogP contribution in [0.2, 0.25) is 0 Å². The molecule has 3 rings (SSSR count). The average Bonchev–Trinajstić information content (AvgIpc) is 3.10. The largest absolute Gasteiger partial charge is 0.466 e. The highest BCUT2D eigenvalue weighted by atomic mass is 16.5. The van der Waals surface area contributed by atoms with Crippen LogP contribution in [0, 0.1) is 6.92 Å². The van der Waals surface area contributed by atoms with E-state index in [-0.39, 0.29) is 24.5 Å². The van der Waals surface area contributed by atoms with Crippen molar-refractivity contribution < 1.29 is 14.3 Å². The number of fused-ring (bicyclic) bond motifs is 1. The van der Waals surface area contributed by atoms with E-state index in [1.165, 1.54) is 11.4 Å². The van der Waals surface area contributed by atoms with Gasteiger partial charge in [-0.05, 0) is 38.0 Å². The number of amides is 2. The maximum absolute atomic E-state index is 13.3. The fraction of sp³-hybridized carbons (Fsp3) is 0.478. The molecule has 156 valence electrons. The lowest BCUT2D eigenvalue weighted by Crippen LogP contribution is -2.48. The number of esters is 1. The van der Waals surface area contributed by atoms with Gasteiger partial charge < -0.3 is 19.5 Å². The van der Waals surface area contributed by atoms with Crippen LogP contribution in [0.15, 0.2) is 42.5 Å². The smallest absolute Gasteiger partial charge is 0.318 e. The Morgan fingerprint density at radius 2 is 1.90 bits per heavy atom. The zero-order chi connectivity index (χ0) is 20.8. The number of rotatable bonds is 7. The number of carbonyl (C=O) groups is 2. The van der Waals surface area contributed by atoms with Crippen LogP contribution < -0.4 is 5.32 Å². The fourth-order valence-corrected chi connectivity index (χ4v) is 4.09. The molecule has 29 heavy (non-hydrogen) atoms. The Balaban J connectivity index is 1.80. The van der Waals surface area contributed by atoms with Gasteiger partial charge in [0.1, 0.15) is 0 Å². The molecule has 6 nitrogen and oxygen atoms in total. The summed E-state index contributed by atoms with van der Waals surface area (Å²) in [6.07, 6.45) is 2.01. The van der Waals surface area contributed by atoms with Crippen molar-refractivity contribution in [2.75, 3.05) is 13.2 Å². The normalized spacial score (nSPS) is 16.8. The van der Waals surface area contributed by atoms with E-state index in [1.807, 2.05) is 35.2 Å². The molecule has 2 aromatic rings. The van der Waals surface area contributed by atoms with Crippen molar-refractivity contribution in [2.24, 2.45) is 0 Å². The van der Waals surface area contributed by atoms with Gasteiger partial charge in [0.2, 0.25) is 0 Å². The molecule has 2 amide bonds. The lowest BCUT2D eigenvalue weighted by Gasteiger charge is -2.38. The lowest BCUT2D eigenvalue weighted by atomic mass is 10.0. The highest BCUT2D eigenvalue weighted by molar-refractivity contribution is 5.77. The summed E-state index contributed by atoms with van der Waals surface area (Å²) in [4.78, 5) is 27.3. The van der Waals surface area contributed by atoms with Gasteiger partial charge in [0.25, 0.3) is 0 Å². The van der Waals surface area contributed by atoms with Gasteiger partial charge in [0.05, 0.1) is 25.1 Å². The van der Waals surface area contributed by atoms with Crippen LogP contribution in [-0.2, 0) is 16.1 Å². The van der Waals surface area contributed by atoms with Gasteiger partial charge in [-0.1, -0.05) is 43.7 Å². The topological polar surface area (TPSA) is 63.6 Å². The first-order valence-electron chi connectivity index (χ1n) is 10.5. The molecule has 1 aromatic carbocycles. The van der Waals surface area contributed by atoms with E-state index < -0.39 is 6.04 Å². The van der Waals surface area contributed by atoms with Gasteiger partial charge in [0, 0.05) is 24.5 Å². The van der Waals surface area contributed by atoms with Crippen molar-refractivity contribution in [3.8, 4) is 0 Å². The minimum absolute atomic E-state index is 0.0430. The van der Waals surface area contributed by atoms with Crippen molar-refractivity contribution >= 4 is 12.0 Å². The summed E-state index contributed by atoms with van der Waals surface area (Å²) >= 11 is 0. The third kappa shape index (κ3) is 4.81. The molecule has 0 fully saturated rings. The lowest BCUT2D eigenvalue weighted by molar-refractivity contribution is -0.143. The van der Waals surface area contributed by atoms with Crippen molar-refractivity contribution in [3.05, 3.63) is 59.4 Å². The predicted octanol–water partition coefficient (Wildman–Crippen LogP) is 4.36. The summed E-state index contributed by atoms with van der Waals surface area (Å²) in [5.41, 5.74) is 3.32. The first kappa shape index (κ1) is 21.0. The molecule has 0 unspecified atom stereocenters. The molecule has 0 aliphatic carbocycles. The number of urea groups is 1. The maximum Gasteiger partial charge on any atom is 0.318 e. The second-order valence-electron chi connectivity index (χ2n) is 7.47. The van der Waals surface area contributed by atoms with Crippen LogP contribution in [-0.4, -0.2) is 34.6 Å². The first-order valence-corrected chi connectivity index (χ1v) is 10.5. The first-order chi connectivity index (χ1) is 14.0. The zero-order valence-corrected chi connectivity index (χ0v) is 17.6. The predicted molar refractivity (Wildman–Crippen MR) is 112 cm³/mol. The standard InChI is InChI=1S/C23H31N3O3/c1-4-9-20-21-13-12-17(3)25(21)14-15-26(20)23(28)24-19(16-22(27)29-5-2)18-10-7-6-8-11-18/h6-8,10-13,19-20H,4-5,9,14-16H2,1-3H3,(H,24,28)/t19-,20-/m1/s1. The average molecular weight is 398 g/mol. The Kier molecular flexibility index (Phi) is 6.96. The fourth-order valence-electron chi connectivity index (χ4n) is 4.09. The highest BCUT2D eigenvalue weighted by Crippen LogP contribution is 2.32. The Bertz CT molecular complexity index is 831. The van der Waals surface area contributed by atoms with E-state index in [4.69, 9.17) is 4.74 Å². The van der Waals surface area contributed by atoms with E-state index in [1.54, 1.807) is 6.92 Å². The molecule has 1 aliphatic heterocycles. The van der Waals surface area contributed by atoms with E-state index in [9.17, 15) is 9.59 Å². The number of hydrogen-bond donors (Lipinski definition) is 1. The van der Waals surface area contributed by atoms with Crippen LogP contribution in [0.3, 0.4) is 0 Å². The Morgan fingerprint density at radius 1 is 1.14 bits per heavy atom. The molecule has 2 heterocycles. The summed E-state index contributed by atoms with van der Waals surface area (Å²) in [6.45, 7) is 7.80. The summed E-state index contributed by atoms with van der Waals surface area (Å²) < 4.78 is 7.43. The van der Waals surface area contributed by atoms with Crippen molar-refractivity contribution in [1.82, 2.24) is 14.8 Å². The maximum atomic E-state index is 13.3. The van der Waals surface area contributed by atoms with E-state index >= 15 is 0 Å². The van der Waals surface area contributed by atoms with Gasteiger partial charge in [-0.25, -0.2) is 4.79 Å². The van der Waals surface area contributed by atoms with Gasteiger partial charge in [-0.15, -0.1) is 0 Å². The number of carbonyl (C=O) groups excluding carboxylic acids is 2. The Labute approximate surface area is 172 Å². The minimum atomic E-state index is -0.416. The van der Waals surface area contributed by atoms with Gasteiger partial charge in [-0.2, -0.15) is 0 Å². The number of ether oxygens (including phenoxy) is 1. The molecule has 1 N–H and O–H groups in total. The third-order valence-electron chi connectivity index (χ3n) is 5.51. The molecule has 0 radical (unpaired) electrons. The minimum Gasteiger partial charge on any atom is -0.466 e. The van der Waals surface area contributed by atoms with E-state index in [0.717, 1.165) is 24.9 Å². The van der Waals surface area contributed by atoms with Crippen LogP contribution >= 0.6 is 0 Å². The molecule has 2 atom stereocenters. The van der Waals surface area contributed by atoms with Gasteiger partial charge in [0.15, 0.2) is 0 Å². The van der Waals surface area contributed by atoms with Crippen molar-refractivity contribution in [2.45, 2.75) is 58.7 Å². The van der Waals surface area contributed by atoms with Gasteiger partial charge >= 0.3 is 12.0 Å². The van der Waals surface area contributed by atoms with Crippen molar-refractivity contribution in [1.29, 1.82) is 0 Å². The number of nitrogens with one attached hydrogen (secondary N) is 1. The second kappa shape index (κ2) is 9.63. The summed E-state index contributed by atoms with van der Waals surface area (Å²) in [5, 5.41) is 3.10. The monoisotopic (exact) mass is 397 g/mol. The van der Waals surface area contributed by atoms with Crippen LogP contribution in [0.1, 0.15) is 62.1 Å². The summed E-state index contributed by atoms with van der Waals surface area (Å²) in [6, 6.07) is 13.3. The summed E-state index contributed by atoms with van der Waals surface area (Å²) in [7, 11) is 0. The van der Waals surface area contributed by atoms with Crippen molar-refractivity contribution in [3.63, 3.8) is 0 Å². The molecular formula is C23H31N3O3. The molecule has 1 aromatic heterocycles. The quantitative estimate of drug-likeness (QED) is 0.706.